The number of hydrogen-bond donors (Lipinski definition) is 0. The predicted octanol–water partition coefficient (Wildman–Crippen LogP) is 0.463. The second-order valence-corrected chi connectivity index (χ2v) is 3.17. The van der Waals surface area contributed by atoms with Crippen LogP contribution in [0.3, 0.4) is 0 Å². The second kappa shape index (κ2) is 3.89. The lowest BCUT2D eigenvalue weighted by Crippen LogP contribution is -2.33. The van der Waals surface area contributed by atoms with E-state index in [0.717, 1.165) is 25.2 Å². The molecule has 0 saturated carbocycles. The van der Waals surface area contributed by atoms with Crippen molar-refractivity contribution in [3.8, 4) is 0 Å². The molecular formula is C9H13N3O2. The topological polar surface area (TPSA) is 47.4 Å². The standard InChI is InChI=1S/C9H13N3O2/c1-2-14-12-4-3-11-5-8(7-13)10-9(11)6-12/h5,7H,2-4,6H2,1H3. The summed E-state index contributed by atoms with van der Waals surface area (Å²) in [5.41, 5.74) is 0.498. The first-order valence-electron chi connectivity index (χ1n) is 4.72. The Balaban J connectivity index is 2.13. The molecule has 14 heavy (non-hydrogen) atoms. The second-order valence-electron chi connectivity index (χ2n) is 3.17. The maximum absolute atomic E-state index is 10.5. The minimum atomic E-state index is 0.498. The number of nitrogens with zero attached hydrogens (tertiary/aromatic N) is 3. The number of carbonyl (C=O) groups excluding carboxylic acids is 1. The first-order valence-corrected chi connectivity index (χ1v) is 4.72. The van der Waals surface area contributed by atoms with Gasteiger partial charge in [-0.05, 0) is 6.92 Å². The zero-order chi connectivity index (χ0) is 9.97. The zero-order valence-corrected chi connectivity index (χ0v) is 8.14. The van der Waals surface area contributed by atoms with Crippen LogP contribution in [-0.2, 0) is 17.9 Å². The van der Waals surface area contributed by atoms with Crippen LogP contribution in [0.2, 0.25) is 0 Å². The maximum atomic E-state index is 10.5. The molecule has 5 nitrogen and oxygen atoms in total. The lowest BCUT2D eigenvalue weighted by atomic mass is 10.4. The Bertz CT molecular complexity index is 335. The van der Waals surface area contributed by atoms with Crippen LogP contribution < -0.4 is 0 Å². The maximum Gasteiger partial charge on any atom is 0.170 e. The van der Waals surface area contributed by atoms with Gasteiger partial charge in [-0.15, -0.1) is 0 Å². The van der Waals surface area contributed by atoms with E-state index < -0.39 is 0 Å². The highest BCUT2D eigenvalue weighted by Gasteiger charge is 2.18. The SMILES string of the molecule is CCON1CCn2cc(C=O)nc2C1. The predicted molar refractivity (Wildman–Crippen MR) is 49.7 cm³/mol. The van der Waals surface area contributed by atoms with Crippen LogP contribution in [0.1, 0.15) is 23.2 Å². The lowest BCUT2D eigenvalue weighted by molar-refractivity contribution is -0.171. The monoisotopic (exact) mass is 195 g/mol. The summed E-state index contributed by atoms with van der Waals surface area (Å²) in [4.78, 5) is 20.1. The number of fused-ring (bicyclic) bond motifs is 1. The fourth-order valence-electron chi connectivity index (χ4n) is 1.60. The molecule has 0 amide bonds. The van der Waals surface area contributed by atoms with E-state index >= 15 is 0 Å². The minimum Gasteiger partial charge on any atom is -0.332 e. The molecule has 0 atom stereocenters. The Kier molecular flexibility index (Phi) is 2.60. The van der Waals surface area contributed by atoms with E-state index in [0.29, 0.717) is 18.8 Å². The first kappa shape index (κ1) is 9.36. The van der Waals surface area contributed by atoms with E-state index in [2.05, 4.69) is 4.98 Å². The van der Waals surface area contributed by atoms with Crippen LogP contribution in [0.5, 0.6) is 0 Å². The van der Waals surface area contributed by atoms with E-state index in [1.165, 1.54) is 0 Å². The lowest BCUT2D eigenvalue weighted by Gasteiger charge is -2.25. The van der Waals surface area contributed by atoms with Gasteiger partial charge in [0.2, 0.25) is 0 Å². The zero-order valence-electron chi connectivity index (χ0n) is 8.14. The molecule has 2 rings (SSSR count). The number of carbonyl (C=O) groups is 1. The number of aldehydes is 1. The summed E-state index contributed by atoms with van der Waals surface area (Å²) in [7, 11) is 0. The van der Waals surface area contributed by atoms with Gasteiger partial charge >= 0.3 is 0 Å². The average Bonchev–Trinajstić information content (AvgIpc) is 2.60. The summed E-state index contributed by atoms with van der Waals surface area (Å²) in [5.74, 6) is 0.895. The highest BCUT2D eigenvalue weighted by atomic mass is 16.7. The van der Waals surface area contributed by atoms with Crippen LogP contribution in [0, 0.1) is 0 Å². The van der Waals surface area contributed by atoms with Gasteiger partial charge in [0.1, 0.15) is 11.5 Å². The van der Waals surface area contributed by atoms with Crippen LogP contribution in [0.15, 0.2) is 6.20 Å². The van der Waals surface area contributed by atoms with Crippen molar-refractivity contribution in [2.24, 2.45) is 0 Å². The Morgan fingerprint density at radius 2 is 2.50 bits per heavy atom. The van der Waals surface area contributed by atoms with Gasteiger partial charge in [-0.1, -0.05) is 0 Å². The van der Waals surface area contributed by atoms with Crippen LogP contribution in [0.25, 0.3) is 0 Å². The summed E-state index contributed by atoms with van der Waals surface area (Å²) >= 11 is 0. The molecule has 0 aromatic carbocycles. The first-order chi connectivity index (χ1) is 6.83. The van der Waals surface area contributed by atoms with Crippen LogP contribution in [0.4, 0.5) is 0 Å². The van der Waals surface area contributed by atoms with Crippen molar-refractivity contribution in [2.45, 2.75) is 20.0 Å². The quantitative estimate of drug-likeness (QED) is 0.657. The van der Waals surface area contributed by atoms with E-state index in [1.54, 1.807) is 6.20 Å². The molecule has 0 unspecified atom stereocenters. The van der Waals surface area contributed by atoms with E-state index in [-0.39, 0.29) is 0 Å². The van der Waals surface area contributed by atoms with Crippen LogP contribution >= 0.6 is 0 Å². The number of imidazole rings is 1. The van der Waals surface area contributed by atoms with Crippen molar-refractivity contribution in [1.29, 1.82) is 0 Å². The Morgan fingerprint density at radius 1 is 1.64 bits per heavy atom. The molecule has 0 radical (unpaired) electrons. The number of hydrogen-bond acceptors (Lipinski definition) is 4. The Labute approximate surface area is 82.2 Å². The van der Waals surface area contributed by atoms with Crippen molar-refractivity contribution >= 4 is 6.29 Å². The summed E-state index contributed by atoms with van der Waals surface area (Å²) in [5, 5.41) is 1.87. The summed E-state index contributed by atoms with van der Waals surface area (Å²) < 4.78 is 2.00. The smallest absolute Gasteiger partial charge is 0.170 e. The largest absolute Gasteiger partial charge is 0.332 e. The Hall–Kier alpha value is -1.20. The number of rotatable bonds is 3. The van der Waals surface area contributed by atoms with E-state index in [9.17, 15) is 4.79 Å². The van der Waals surface area contributed by atoms with Crippen molar-refractivity contribution in [1.82, 2.24) is 14.6 Å². The van der Waals surface area contributed by atoms with Gasteiger partial charge in [0.15, 0.2) is 6.29 Å². The number of hydroxylamine groups is 2. The summed E-state index contributed by atoms with van der Waals surface area (Å²) in [6, 6.07) is 0. The fourth-order valence-corrected chi connectivity index (χ4v) is 1.60. The molecule has 5 heteroatoms. The molecule has 0 bridgehead atoms. The van der Waals surface area contributed by atoms with E-state index in [4.69, 9.17) is 4.84 Å². The van der Waals surface area contributed by atoms with Crippen molar-refractivity contribution in [3.05, 3.63) is 17.7 Å². The molecule has 0 aliphatic carbocycles. The normalized spacial score (nSPS) is 16.6. The molecule has 0 N–H and O–H groups in total. The van der Waals surface area contributed by atoms with Gasteiger partial charge in [0, 0.05) is 19.3 Å². The van der Waals surface area contributed by atoms with Gasteiger partial charge in [-0.3, -0.25) is 9.63 Å². The molecule has 1 aromatic rings. The average molecular weight is 195 g/mol. The third-order valence-corrected chi connectivity index (χ3v) is 2.22. The van der Waals surface area contributed by atoms with Crippen LogP contribution in [-0.4, -0.2) is 34.1 Å². The van der Waals surface area contributed by atoms with Gasteiger partial charge in [0.05, 0.1) is 13.2 Å². The van der Waals surface area contributed by atoms with E-state index in [1.807, 2.05) is 16.6 Å². The molecule has 0 spiro atoms. The molecule has 1 aromatic heterocycles. The molecule has 2 heterocycles. The molecule has 0 fully saturated rings. The highest BCUT2D eigenvalue weighted by Crippen LogP contribution is 2.11. The minimum absolute atomic E-state index is 0.498. The fraction of sp³-hybridized carbons (Fsp3) is 0.556. The van der Waals surface area contributed by atoms with Gasteiger partial charge < -0.3 is 4.57 Å². The number of aromatic nitrogens is 2. The Morgan fingerprint density at radius 3 is 3.21 bits per heavy atom. The molecule has 1 aliphatic rings. The third-order valence-electron chi connectivity index (χ3n) is 2.22. The van der Waals surface area contributed by atoms with Gasteiger partial charge in [-0.25, -0.2) is 4.98 Å². The summed E-state index contributed by atoms with van der Waals surface area (Å²) in [6.07, 6.45) is 2.56. The highest BCUT2D eigenvalue weighted by molar-refractivity contribution is 5.71. The van der Waals surface area contributed by atoms with Gasteiger partial charge in [-0.2, -0.15) is 5.06 Å². The molecule has 0 saturated heterocycles. The molecule has 1 aliphatic heterocycles. The molecule has 76 valence electrons. The van der Waals surface area contributed by atoms with Crippen molar-refractivity contribution in [3.63, 3.8) is 0 Å². The summed E-state index contributed by atoms with van der Waals surface area (Å²) in [6.45, 7) is 4.95. The molecular weight excluding hydrogens is 182 g/mol. The third kappa shape index (κ3) is 1.69. The van der Waals surface area contributed by atoms with Crippen molar-refractivity contribution in [2.75, 3.05) is 13.2 Å². The van der Waals surface area contributed by atoms with Crippen molar-refractivity contribution < 1.29 is 9.63 Å². The van der Waals surface area contributed by atoms with Gasteiger partial charge in [0.25, 0.3) is 0 Å².